The molecule has 0 aromatic heterocycles. The van der Waals surface area contributed by atoms with Gasteiger partial charge in [-0.15, -0.1) is 0 Å². The van der Waals surface area contributed by atoms with Crippen LogP contribution < -0.4 is 0 Å². The van der Waals surface area contributed by atoms with Crippen molar-refractivity contribution in [3.8, 4) is 0 Å². The summed E-state index contributed by atoms with van der Waals surface area (Å²) in [7, 11) is 1.16. The lowest BCUT2D eigenvalue weighted by Gasteiger charge is -1.98. The van der Waals surface area contributed by atoms with Gasteiger partial charge < -0.3 is 9.47 Å². The number of rotatable bonds is 7. The highest BCUT2D eigenvalue weighted by Crippen LogP contribution is 1.94. The zero-order valence-corrected chi connectivity index (χ0v) is 8.62. The summed E-state index contributed by atoms with van der Waals surface area (Å²) in [5.74, 6) is -1.58. The zero-order valence-electron chi connectivity index (χ0n) is 8.62. The van der Waals surface area contributed by atoms with E-state index in [0.717, 1.165) is 32.4 Å². The minimum atomic E-state index is -0.876. The Balaban J connectivity index is 3.52. The van der Waals surface area contributed by atoms with Gasteiger partial charge in [-0.2, -0.15) is 0 Å². The highest BCUT2D eigenvalue weighted by Gasteiger charge is 2.08. The second-order valence-corrected chi connectivity index (χ2v) is 2.74. The predicted molar refractivity (Wildman–Crippen MR) is 51.6 cm³/mol. The van der Waals surface area contributed by atoms with E-state index in [9.17, 15) is 9.59 Å². The number of carbonyl (C=O) groups is 2. The van der Waals surface area contributed by atoms with Gasteiger partial charge in [-0.25, -0.2) is 4.79 Å². The first-order valence-corrected chi connectivity index (χ1v) is 4.62. The van der Waals surface area contributed by atoms with Gasteiger partial charge in [-0.3, -0.25) is 4.79 Å². The number of methoxy groups -OCH3 is 1. The molecule has 0 rings (SSSR count). The van der Waals surface area contributed by atoms with Gasteiger partial charge in [0.15, 0.2) is 0 Å². The molecule has 0 unspecified atom stereocenters. The Labute approximate surface area is 83.9 Å². The van der Waals surface area contributed by atoms with E-state index in [4.69, 9.17) is 4.74 Å². The van der Waals surface area contributed by atoms with Gasteiger partial charge in [-0.1, -0.05) is 19.8 Å². The number of unbranched alkanes of at least 4 members (excludes halogenated alkanes) is 2. The Morgan fingerprint density at radius 2 is 2.00 bits per heavy atom. The van der Waals surface area contributed by atoms with Gasteiger partial charge in [0.2, 0.25) is 0 Å². The van der Waals surface area contributed by atoms with Gasteiger partial charge >= 0.3 is 5.97 Å². The fourth-order valence-electron chi connectivity index (χ4n) is 0.782. The topological polar surface area (TPSA) is 52.6 Å². The minimum absolute atomic E-state index is 0.568. The van der Waals surface area contributed by atoms with E-state index >= 15 is 0 Å². The average Bonchev–Trinajstić information content (AvgIpc) is 2.21. The lowest BCUT2D eigenvalue weighted by Crippen LogP contribution is -2.12. The van der Waals surface area contributed by atoms with Crippen molar-refractivity contribution < 1.29 is 19.1 Å². The van der Waals surface area contributed by atoms with E-state index in [2.05, 4.69) is 11.7 Å². The third kappa shape index (κ3) is 6.22. The first-order chi connectivity index (χ1) is 6.72. The number of ketones is 1. The molecule has 80 valence electrons. The Hall–Kier alpha value is -1.32. The number of ether oxygens (including phenoxy) is 2. The van der Waals surface area contributed by atoms with E-state index in [1.807, 2.05) is 0 Å². The molecule has 0 radical (unpaired) electrons. The molecule has 0 aromatic carbocycles. The molecule has 0 aromatic rings. The lowest BCUT2D eigenvalue weighted by molar-refractivity contribution is -0.149. The van der Waals surface area contributed by atoms with Crippen LogP contribution in [-0.4, -0.2) is 25.5 Å². The molecule has 14 heavy (non-hydrogen) atoms. The monoisotopic (exact) mass is 200 g/mol. The molecule has 0 saturated heterocycles. The highest BCUT2D eigenvalue weighted by atomic mass is 16.5. The Morgan fingerprint density at radius 1 is 1.29 bits per heavy atom. The van der Waals surface area contributed by atoms with Crippen LogP contribution in [0.5, 0.6) is 0 Å². The smallest absolute Gasteiger partial charge is 0.378 e. The maximum Gasteiger partial charge on any atom is 0.378 e. The number of hydrogen-bond donors (Lipinski definition) is 0. The first kappa shape index (κ1) is 12.7. The summed E-state index contributed by atoms with van der Waals surface area (Å²) in [6, 6.07) is 0. The molecule has 0 aliphatic heterocycles. The summed E-state index contributed by atoms with van der Waals surface area (Å²) in [4.78, 5) is 21.4. The molecule has 0 amide bonds. The molecular formula is C10H16O4. The van der Waals surface area contributed by atoms with Crippen LogP contribution in [0.2, 0.25) is 0 Å². The SMILES string of the molecule is CCCCCOC=CC(=O)C(=O)OC. The zero-order chi connectivity index (χ0) is 10.8. The van der Waals surface area contributed by atoms with Crippen LogP contribution in [0.25, 0.3) is 0 Å². The van der Waals surface area contributed by atoms with Crippen LogP contribution in [0.4, 0.5) is 0 Å². The largest absolute Gasteiger partial charge is 0.501 e. The Kier molecular flexibility index (Phi) is 7.50. The first-order valence-electron chi connectivity index (χ1n) is 4.62. The quantitative estimate of drug-likeness (QED) is 0.205. The molecule has 0 heterocycles. The molecule has 0 N–H and O–H groups in total. The van der Waals surface area contributed by atoms with Crippen molar-refractivity contribution in [2.75, 3.05) is 13.7 Å². The molecule has 4 nitrogen and oxygen atoms in total. The number of carbonyl (C=O) groups excluding carboxylic acids is 2. The Bertz CT molecular complexity index is 208. The standard InChI is InChI=1S/C10H16O4/c1-3-4-5-7-14-8-6-9(11)10(12)13-2/h6,8H,3-5,7H2,1-2H3. The summed E-state index contributed by atoms with van der Waals surface area (Å²) in [6.07, 6.45) is 5.47. The number of hydrogen-bond acceptors (Lipinski definition) is 4. The van der Waals surface area contributed by atoms with E-state index in [-0.39, 0.29) is 0 Å². The van der Waals surface area contributed by atoms with Crippen LogP contribution in [-0.2, 0) is 19.1 Å². The predicted octanol–water partition coefficient (Wildman–Crippen LogP) is 1.45. The van der Waals surface area contributed by atoms with E-state index < -0.39 is 11.8 Å². The molecule has 0 atom stereocenters. The summed E-state index contributed by atoms with van der Waals surface area (Å²) in [5.41, 5.74) is 0. The molecule has 0 bridgehead atoms. The summed E-state index contributed by atoms with van der Waals surface area (Å²) in [6.45, 7) is 2.66. The van der Waals surface area contributed by atoms with Gasteiger partial charge in [0.25, 0.3) is 5.78 Å². The molecule has 0 aliphatic carbocycles. The number of esters is 1. The van der Waals surface area contributed by atoms with Crippen molar-refractivity contribution in [2.45, 2.75) is 26.2 Å². The van der Waals surface area contributed by atoms with Crippen molar-refractivity contribution >= 4 is 11.8 Å². The minimum Gasteiger partial charge on any atom is -0.501 e. The second kappa shape index (κ2) is 8.29. The molecular weight excluding hydrogens is 184 g/mol. The molecule has 0 saturated carbocycles. The fraction of sp³-hybridized carbons (Fsp3) is 0.600. The van der Waals surface area contributed by atoms with E-state index in [1.54, 1.807) is 0 Å². The van der Waals surface area contributed by atoms with E-state index in [0.29, 0.717) is 6.61 Å². The van der Waals surface area contributed by atoms with Gasteiger partial charge in [0.1, 0.15) is 0 Å². The van der Waals surface area contributed by atoms with Crippen LogP contribution in [0, 0.1) is 0 Å². The summed E-state index contributed by atoms with van der Waals surface area (Å²) in [5, 5.41) is 0. The second-order valence-electron chi connectivity index (χ2n) is 2.74. The van der Waals surface area contributed by atoms with Gasteiger partial charge in [0, 0.05) is 6.08 Å². The van der Waals surface area contributed by atoms with Gasteiger partial charge in [-0.05, 0) is 6.42 Å². The van der Waals surface area contributed by atoms with E-state index in [1.165, 1.54) is 6.26 Å². The molecule has 0 spiro atoms. The summed E-state index contributed by atoms with van der Waals surface area (Å²) >= 11 is 0. The lowest BCUT2D eigenvalue weighted by atomic mass is 10.3. The normalized spacial score (nSPS) is 10.1. The van der Waals surface area contributed by atoms with Crippen LogP contribution >= 0.6 is 0 Å². The van der Waals surface area contributed by atoms with Crippen molar-refractivity contribution in [2.24, 2.45) is 0 Å². The third-order valence-corrected chi connectivity index (χ3v) is 1.57. The highest BCUT2D eigenvalue weighted by molar-refractivity contribution is 6.38. The van der Waals surface area contributed by atoms with Crippen LogP contribution in [0.1, 0.15) is 26.2 Å². The van der Waals surface area contributed by atoms with Crippen LogP contribution in [0.15, 0.2) is 12.3 Å². The fourth-order valence-corrected chi connectivity index (χ4v) is 0.782. The van der Waals surface area contributed by atoms with Crippen molar-refractivity contribution in [3.05, 3.63) is 12.3 Å². The average molecular weight is 200 g/mol. The maximum atomic E-state index is 10.8. The van der Waals surface area contributed by atoms with Gasteiger partial charge in [0.05, 0.1) is 20.0 Å². The molecule has 4 heteroatoms. The maximum absolute atomic E-state index is 10.8. The Morgan fingerprint density at radius 3 is 2.57 bits per heavy atom. The van der Waals surface area contributed by atoms with Crippen LogP contribution in [0.3, 0.4) is 0 Å². The third-order valence-electron chi connectivity index (χ3n) is 1.57. The van der Waals surface area contributed by atoms with Crippen molar-refractivity contribution in [1.29, 1.82) is 0 Å². The molecule has 0 fully saturated rings. The van der Waals surface area contributed by atoms with Crippen molar-refractivity contribution in [1.82, 2.24) is 0 Å². The summed E-state index contributed by atoms with van der Waals surface area (Å²) < 4.78 is 9.20. The van der Waals surface area contributed by atoms with Crippen molar-refractivity contribution in [3.63, 3.8) is 0 Å². The molecule has 0 aliphatic rings.